The molecule has 3 aromatic carbocycles. The molecule has 29 heavy (non-hydrogen) atoms. The zero-order valence-corrected chi connectivity index (χ0v) is 15.6. The fourth-order valence-corrected chi connectivity index (χ4v) is 3.35. The number of hydrogen-bond acceptors (Lipinski definition) is 4. The molecule has 4 aromatic rings. The third kappa shape index (κ3) is 3.52. The predicted molar refractivity (Wildman–Crippen MR) is 113 cm³/mol. The molecule has 0 amide bonds. The number of nitro benzene ring substituents is 1. The van der Waals surface area contributed by atoms with Gasteiger partial charge in [0.1, 0.15) is 11.5 Å². The van der Waals surface area contributed by atoms with Crippen LogP contribution in [-0.2, 0) is 0 Å². The van der Waals surface area contributed by atoms with Crippen LogP contribution in [0.1, 0.15) is 16.9 Å². The molecule has 0 aliphatic heterocycles. The van der Waals surface area contributed by atoms with Gasteiger partial charge in [0.05, 0.1) is 22.1 Å². The minimum absolute atomic E-state index is 0.00978. The molecule has 1 heterocycles. The van der Waals surface area contributed by atoms with Crippen molar-refractivity contribution in [2.24, 2.45) is 0 Å². The zero-order valence-electron chi connectivity index (χ0n) is 15.6. The van der Waals surface area contributed by atoms with Gasteiger partial charge in [-0.15, -0.1) is 0 Å². The second kappa shape index (κ2) is 7.45. The lowest BCUT2D eigenvalue weighted by Crippen LogP contribution is -1.92. The number of furan rings is 1. The van der Waals surface area contributed by atoms with E-state index in [4.69, 9.17) is 4.42 Å². The molecule has 140 valence electrons. The molecule has 0 N–H and O–H groups in total. The first-order valence-corrected chi connectivity index (χ1v) is 9.02. The lowest BCUT2D eigenvalue weighted by atomic mass is 9.98. The van der Waals surface area contributed by atoms with Gasteiger partial charge in [-0.05, 0) is 47.5 Å². The van der Waals surface area contributed by atoms with Gasteiger partial charge in [-0.3, -0.25) is 10.1 Å². The molecule has 0 radical (unpaired) electrons. The quantitative estimate of drug-likeness (QED) is 0.234. The molecule has 0 aliphatic carbocycles. The number of nitro groups is 1. The highest BCUT2D eigenvalue weighted by molar-refractivity contribution is 6.01. The number of aryl methyl sites for hydroxylation is 1. The van der Waals surface area contributed by atoms with Crippen molar-refractivity contribution in [3.8, 4) is 17.4 Å². The van der Waals surface area contributed by atoms with Crippen molar-refractivity contribution in [2.45, 2.75) is 6.92 Å². The molecule has 0 fully saturated rings. The summed E-state index contributed by atoms with van der Waals surface area (Å²) in [4.78, 5) is 11.0. The number of benzene rings is 3. The number of hydrogen-bond donors (Lipinski definition) is 0. The van der Waals surface area contributed by atoms with Gasteiger partial charge in [-0.25, -0.2) is 0 Å². The van der Waals surface area contributed by atoms with Crippen LogP contribution in [0.15, 0.2) is 77.2 Å². The summed E-state index contributed by atoms with van der Waals surface area (Å²) in [5.41, 5.74) is 2.47. The third-order valence-electron chi connectivity index (χ3n) is 4.73. The molecule has 0 spiro atoms. The van der Waals surface area contributed by atoms with Crippen LogP contribution in [0, 0.1) is 28.4 Å². The molecule has 5 heteroatoms. The Morgan fingerprint density at radius 3 is 2.66 bits per heavy atom. The summed E-state index contributed by atoms with van der Waals surface area (Å²) in [6, 6.07) is 24.3. The smallest absolute Gasteiger partial charge is 0.280 e. The topological polar surface area (TPSA) is 80.1 Å². The first-order chi connectivity index (χ1) is 14.1. The average molecular weight is 380 g/mol. The Bertz CT molecular complexity index is 1300. The van der Waals surface area contributed by atoms with Crippen LogP contribution >= 0.6 is 0 Å². The Labute approximate surface area is 167 Å². The minimum atomic E-state index is -0.419. The van der Waals surface area contributed by atoms with Crippen molar-refractivity contribution in [2.75, 3.05) is 0 Å². The standard InChI is InChI=1S/C24H16N2O3/c1-16-9-11-22(23(13-16)26(27)28)24-12-10-19(29-24)14-18(15-25)21-8-4-6-17-5-2-3-7-20(17)21/h2-14H,1H3/b18-14-. The Balaban J connectivity index is 1.78. The maximum atomic E-state index is 11.4. The Kier molecular flexibility index (Phi) is 4.68. The van der Waals surface area contributed by atoms with Crippen molar-refractivity contribution in [3.05, 3.63) is 99.8 Å². The molecule has 0 unspecified atom stereocenters. The molecule has 5 nitrogen and oxygen atoms in total. The number of allylic oxidation sites excluding steroid dienone is 1. The van der Waals surface area contributed by atoms with Gasteiger partial charge >= 0.3 is 0 Å². The molecular weight excluding hydrogens is 364 g/mol. The highest BCUT2D eigenvalue weighted by atomic mass is 16.6. The van der Waals surface area contributed by atoms with E-state index >= 15 is 0 Å². The van der Waals surface area contributed by atoms with Gasteiger partial charge in [-0.2, -0.15) is 5.26 Å². The number of nitrogens with zero attached hydrogens (tertiary/aromatic N) is 2. The first kappa shape index (κ1) is 18.2. The number of rotatable bonds is 4. The van der Waals surface area contributed by atoms with E-state index in [-0.39, 0.29) is 5.69 Å². The van der Waals surface area contributed by atoms with E-state index in [0.29, 0.717) is 22.7 Å². The van der Waals surface area contributed by atoms with Crippen LogP contribution in [0.25, 0.3) is 33.7 Å². The van der Waals surface area contributed by atoms with Crippen LogP contribution in [0.5, 0.6) is 0 Å². The number of fused-ring (bicyclic) bond motifs is 1. The van der Waals surface area contributed by atoms with Gasteiger partial charge in [-0.1, -0.05) is 48.5 Å². The third-order valence-corrected chi connectivity index (χ3v) is 4.73. The molecule has 0 bridgehead atoms. The second-order valence-corrected chi connectivity index (χ2v) is 6.68. The molecule has 0 aliphatic rings. The van der Waals surface area contributed by atoms with Gasteiger partial charge in [0, 0.05) is 11.6 Å². The highest BCUT2D eigenvalue weighted by Crippen LogP contribution is 2.33. The monoisotopic (exact) mass is 380 g/mol. The maximum Gasteiger partial charge on any atom is 0.280 e. The van der Waals surface area contributed by atoms with E-state index in [1.165, 1.54) is 6.07 Å². The van der Waals surface area contributed by atoms with Gasteiger partial charge < -0.3 is 4.42 Å². The van der Waals surface area contributed by atoms with Crippen molar-refractivity contribution in [1.29, 1.82) is 5.26 Å². The van der Waals surface area contributed by atoms with Crippen LogP contribution in [-0.4, -0.2) is 4.92 Å². The Morgan fingerprint density at radius 1 is 1.07 bits per heavy atom. The predicted octanol–water partition coefficient (Wildman–Crippen LogP) is 6.38. The molecule has 4 rings (SSSR count). The first-order valence-electron chi connectivity index (χ1n) is 9.02. The number of nitriles is 1. The van der Waals surface area contributed by atoms with E-state index in [1.807, 2.05) is 42.5 Å². The van der Waals surface area contributed by atoms with Crippen molar-refractivity contribution < 1.29 is 9.34 Å². The van der Waals surface area contributed by atoms with Gasteiger partial charge in [0.2, 0.25) is 0 Å². The van der Waals surface area contributed by atoms with Crippen LogP contribution in [0.4, 0.5) is 5.69 Å². The van der Waals surface area contributed by atoms with E-state index in [1.54, 1.807) is 37.3 Å². The Morgan fingerprint density at radius 2 is 1.86 bits per heavy atom. The molecule has 0 saturated heterocycles. The van der Waals surface area contributed by atoms with Crippen molar-refractivity contribution >= 4 is 28.1 Å². The van der Waals surface area contributed by atoms with Gasteiger partial charge in [0.15, 0.2) is 0 Å². The lowest BCUT2D eigenvalue weighted by Gasteiger charge is -2.05. The SMILES string of the molecule is Cc1ccc(-c2ccc(/C=C(/C#N)c3cccc4ccccc34)o2)c([N+](=O)[O-])c1. The van der Waals surface area contributed by atoms with Crippen molar-refractivity contribution in [1.82, 2.24) is 0 Å². The average Bonchev–Trinajstić information content (AvgIpc) is 3.20. The lowest BCUT2D eigenvalue weighted by molar-refractivity contribution is -0.384. The summed E-state index contributed by atoms with van der Waals surface area (Å²) in [7, 11) is 0. The minimum Gasteiger partial charge on any atom is -0.456 e. The van der Waals surface area contributed by atoms with Crippen molar-refractivity contribution in [3.63, 3.8) is 0 Å². The fourth-order valence-electron chi connectivity index (χ4n) is 3.35. The summed E-state index contributed by atoms with van der Waals surface area (Å²) in [6.45, 7) is 1.80. The van der Waals surface area contributed by atoms with Crippen LogP contribution in [0.2, 0.25) is 0 Å². The summed E-state index contributed by atoms with van der Waals surface area (Å²) < 4.78 is 5.83. The highest BCUT2D eigenvalue weighted by Gasteiger charge is 2.18. The summed E-state index contributed by atoms with van der Waals surface area (Å²) >= 11 is 0. The molecule has 0 atom stereocenters. The molecule has 1 aromatic heterocycles. The van der Waals surface area contributed by atoms with E-state index in [2.05, 4.69) is 6.07 Å². The van der Waals surface area contributed by atoms with E-state index < -0.39 is 4.92 Å². The summed E-state index contributed by atoms with van der Waals surface area (Å²) in [5, 5.41) is 23.1. The summed E-state index contributed by atoms with van der Waals surface area (Å²) in [5.74, 6) is 0.845. The second-order valence-electron chi connectivity index (χ2n) is 6.68. The van der Waals surface area contributed by atoms with Crippen LogP contribution in [0.3, 0.4) is 0 Å². The maximum absolute atomic E-state index is 11.4. The van der Waals surface area contributed by atoms with E-state index in [0.717, 1.165) is 21.9 Å². The Hall–Kier alpha value is -4.17. The molecular formula is C24H16N2O3. The molecule has 0 saturated carbocycles. The summed E-state index contributed by atoms with van der Waals surface area (Å²) in [6.07, 6.45) is 1.66. The largest absolute Gasteiger partial charge is 0.456 e. The van der Waals surface area contributed by atoms with Gasteiger partial charge in [0.25, 0.3) is 5.69 Å². The van der Waals surface area contributed by atoms with Crippen LogP contribution < -0.4 is 0 Å². The zero-order chi connectivity index (χ0) is 20.4. The fraction of sp³-hybridized carbons (Fsp3) is 0.0417. The van der Waals surface area contributed by atoms with E-state index in [9.17, 15) is 15.4 Å². The normalized spacial score (nSPS) is 11.4.